The smallest absolute Gasteiger partial charge is 0.212 e. The Morgan fingerprint density at radius 2 is 1.60 bits per heavy atom. The molecule has 0 saturated heterocycles. The van der Waals surface area contributed by atoms with Crippen LogP contribution in [0.1, 0.15) is 29.7 Å². The van der Waals surface area contributed by atoms with E-state index < -0.39 is 10.0 Å². The van der Waals surface area contributed by atoms with Crippen molar-refractivity contribution in [1.29, 1.82) is 0 Å². The van der Waals surface area contributed by atoms with Crippen LogP contribution in [0, 0.1) is 6.92 Å². The molecule has 20 heavy (non-hydrogen) atoms. The normalized spacial score (nSPS) is 13.1. The minimum absolute atomic E-state index is 0.00401. The second kappa shape index (κ2) is 6.20. The van der Waals surface area contributed by atoms with E-state index in [4.69, 9.17) is 0 Å². The summed E-state index contributed by atoms with van der Waals surface area (Å²) >= 11 is 0. The number of sulfonamides is 1. The number of hydrogen-bond acceptors (Lipinski definition) is 2. The fourth-order valence-electron chi connectivity index (χ4n) is 2.03. The van der Waals surface area contributed by atoms with Gasteiger partial charge in [-0.1, -0.05) is 60.2 Å². The van der Waals surface area contributed by atoms with Crippen molar-refractivity contribution in [3.63, 3.8) is 0 Å². The first-order valence-corrected chi connectivity index (χ1v) is 8.22. The zero-order valence-corrected chi connectivity index (χ0v) is 12.5. The molecule has 0 aliphatic heterocycles. The van der Waals surface area contributed by atoms with Gasteiger partial charge in [0, 0.05) is 6.04 Å². The summed E-state index contributed by atoms with van der Waals surface area (Å²) in [6.45, 7) is 3.86. The summed E-state index contributed by atoms with van der Waals surface area (Å²) in [5, 5.41) is 0. The van der Waals surface area contributed by atoms with Gasteiger partial charge in [0.2, 0.25) is 10.0 Å². The van der Waals surface area contributed by atoms with Crippen LogP contribution in [0.4, 0.5) is 0 Å². The van der Waals surface area contributed by atoms with Crippen molar-refractivity contribution in [1.82, 2.24) is 4.72 Å². The highest BCUT2D eigenvalue weighted by Gasteiger charge is 2.16. The van der Waals surface area contributed by atoms with Crippen LogP contribution in [0.3, 0.4) is 0 Å². The first-order valence-electron chi connectivity index (χ1n) is 6.57. The second-order valence-corrected chi connectivity index (χ2v) is 6.75. The fourth-order valence-corrected chi connectivity index (χ4v) is 3.42. The van der Waals surface area contributed by atoms with Crippen LogP contribution in [0.25, 0.3) is 0 Å². The van der Waals surface area contributed by atoms with Gasteiger partial charge in [0.25, 0.3) is 0 Å². The van der Waals surface area contributed by atoms with Crippen LogP contribution < -0.4 is 4.72 Å². The van der Waals surface area contributed by atoms with Crippen molar-refractivity contribution in [2.45, 2.75) is 25.6 Å². The lowest BCUT2D eigenvalue weighted by atomic mass is 10.1. The maximum Gasteiger partial charge on any atom is 0.216 e. The van der Waals surface area contributed by atoms with Gasteiger partial charge in [-0.15, -0.1) is 0 Å². The van der Waals surface area contributed by atoms with Crippen LogP contribution in [-0.4, -0.2) is 8.42 Å². The van der Waals surface area contributed by atoms with E-state index in [0.29, 0.717) is 0 Å². The summed E-state index contributed by atoms with van der Waals surface area (Å²) in [5.74, 6) is 0.00401. The van der Waals surface area contributed by atoms with Gasteiger partial charge in [-0.25, -0.2) is 13.1 Å². The molecule has 2 rings (SSSR count). The van der Waals surface area contributed by atoms with Crippen LogP contribution in [0.2, 0.25) is 0 Å². The molecule has 0 unspecified atom stereocenters. The van der Waals surface area contributed by atoms with E-state index in [9.17, 15) is 8.42 Å². The zero-order valence-electron chi connectivity index (χ0n) is 11.7. The second-order valence-electron chi connectivity index (χ2n) is 4.99. The molecular formula is C16H19NO2S. The van der Waals surface area contributed by atoms with Crippen molar-refractivity contribution in [3.05, 3.63) is 71.3 Å². The molecule has 106 valence electrons. The van der Waals surface area contributed by atoms with Gasteiger partial charge in [-0.3, -0.25) is 0 Å². The molecule has 2 aromatic carbocycles. The molecule has 0 spiro atoms. The third kappa shape index (κ3) is 4.18. The number of benzene rings is 2. The standard InChI is InChI=1S/C16H19NO2S/c1-13-8-10-16(11-9-13)14(2)17-20(18,19)12-15-6-4-3-5-7-15/h3-11,14,17H,12H2,1-2H3/t14-/m1/s1. The number of nitrogens with one attached hydrogen (secondary N) is 1. The number of hydrogen-bond donors (Lipinski definition) is 1. The lowest BCUT2D eigenvalue weighted by Crippen LogP contribution is -2.28. The van der Waals surface area contributed by atoms with Gasteiger partial charge >= 0.3 is 0 Å². The Kier molecular flexibility index (Phi) is 4.57. The summed E-state index contributed by atoms with van der Waals surface area (Å²) in [6, 6.07) is 16.8. The van der Waals surface area contributed by atoms with Gasteiger partial charge in [0.1, 0.15) is 0 Å². The molecular weight excluding hydrogens is 270 g/mol. The van der Waals surface area contributed by atoms with Crippen LogP contribution in [0.5, 0.6) is 0 Å². The molecule has 0 radical (unpaired) electrons. The van der Waals surface area contributed by atoms with Gasteiger partial charge in [0.05, 0.1) is 5.75 Å². The molecule has 2 aromatic rings. The van der Waals surface area contributed by atoms with Gasteiger partial charge < -0.3 is 0 Å². The summed E-state index contributed by atoms with van der Waals surface area (Å²) in [7, 11) is -3.34. The number of aryl methyl sites for hydroxylation is 1. The third-order valence-electron chi connectivity index (χ3n) is 3.13. The Morgan fingerprint density at radius 1 is 1.00 bits per heavy atom. The first-order chi connectivity index (χ1) is 9.46. The highest BCUT2D eigenvalue weighted by Crippen LogP contribution is 2.15. The average molecular weight is 289 g/mol. The van der Waals surface area contributed by atoms with E-state index in [1.807, 2.05) is 68.4 Å². The molecule has 1 N–H and O–H groups in total. The average Bonchev–Trinajstić information content (AvgIpc) is 2.39. The lowest BCUT2D eigenvalue weighted by Gasteiger charge is -2.15. The maximum absolute atomic E-state index is 12.1. The van der Waals surface area contributed by atoms with Crippen molar-refractivity contribution >= 4 is 10.0 Å². The number of rotatable bonds is 5. The molecule has 0 fully saturated rings. The van der Waals surface area contributed by atoms with Crippen molar-refractivity contribution < 1.29 is 8.42 Å². The molecule has 0 saturated carbocycles. The van der Waals surface area contributed by atoms with E-state index in [0.717, 1.165) is 16.7 Å². The first kappa shape index (κ1) is 14.8. The van der Waals surface area contributed by atoms with E-state index in [-0.39, 0.29) is 11.8 Å². The van der Waals surface area contributed by atoms with Crippen molar-refractivity contribution in [3.8, 4) is 0 Å². The summed E-state index contributed by atoms with van der Waals surface area (Å²) in [5.41, 5.74) is 2.91. The predicted molar refractivity (Wildman–Crippen MR) is 81.8 cm³/mol. The molecule has 1 atom stereocenters. The minimum Gasteiger partial charge on any atom is -0.212 e. The Morgan fingerprint density at radius 3 is 2.20 bits per heavy atom. The molecule has 0 aliphatic rings. The van der Waals surface area contributed by atoms with Crippen molar-refractivity contribution in [2.24, 2.45) is 0 Å². The Balaban J connectivity index is 2.06. The van der Waals surface area contributed by atoms with E-state index in [2.05, 4.69) is 4.72 Å². The predicted octanol–water partition coefficient (Wildman–Crippen LogP) is 3.18. The summed E-state index contributed by atoms with van der Waals surface area (Å²) in [6.07, 6.45) is 0. The summed E-state index contributed by atoms with van der Waals surface area (Å²) < 4.78 is 27.0. The quantitative estimate of drug-likeness (QED) is 0.919. The van der Waals surface area contributed by atoms with E-state index in [1.54, 1.807) is 0 Å². The molecule has 0 aromatic heterocycles. The molecule has 0 heterocycles. The zero-order chi connectivity index (χ0) is 14.6. The molecule has 0 aliphatic carbocycles. The molecule has 3 nitrogen and oxygen atoms in total. The fraction of sp³-hybridized carbons (Fsp3) is 0.250. The van der Waals surface area contributed by atoms with Crippen LogP contribution in [-0.2, 0) is 15.8 Å². The van der Waals surface area contributed by atoms with Crippen LogP contribution in [0.15, 0.2) is 54.6 Å². The lowest BCUT2D eigenvalue weighted by molar-refractivity contribution is 0.566. The van der Waals surface area contributed by atoms with Crippen molar-refractivity contribution in [2.75, 3.05) is 0 Å². The van der Waals surface area contributed by atoms with E-state index >= 15 is 0 Å². The van der Waals surface area contributed by atoms with Crippen LogP contribution >= 0.6 is 0 Å². The highest BCUT2D eigenvalue weighted by molar-refractivity contribution is 7.88. The Bertz CT molecular complexity index is 649. The Hall–Kier alpha value is -1.65. The van der Waals surface area contributed by atoms with Gasteiger partial charge in [0.15, 0.2) is 0 Å². The molecule has 4 heteroatoms. The van der Waals surface area contributed by atoms with E-state index in [1.165, 1.54) is 0 Å². The van der Waals surface area contributed by atoms with Gasteiger partial charge in [-0.2, -0.15) is 0 Å². The largest absolute Gasteiger partial charge is 0.216 e. The minimum atomic E-state index is -3.34. The maximum atomic E-state index is 12.1. The monoisotopic (exact) mass is 289 g/mol. The SMILES string of the molecule is Cc1ccc([C@@H](C)NS(=O)(=O)Cc2ccccc2)cc1. The third-order valence-corrected chi connectivity index (χ3v) is 4.56. The molecule has 0 amide bonds. The summed E-state index contributed by atoms with van der Waals surface area (Å²) in [4.78, 5) is 0. The Labute approximate surface area is 120 Å². The van der Waals surface area contributed by atoms with Gasteiger partial charge in [-0.05, 0) is 25.0 Å². The topological polar surface area (TPSA) is 46.2 Å². The molecule has 0 bridgehead atoms. The highest BCUT2D eigenvalue weighted by atomic mass is 32.2.